The van der Waals surface area contributed by atoms with Crippen LogP contribution in [0.5, 0.6) is 0 Å². The molecule has 4 aromatic carbocycles. The number of hydrogen-bond donors (Lipinski definition) is 2. The van der Waals surface area contributed by atoms with Gasteiger partial charge in [-0.05, 0) is 55.5 Å². The molecule has 15 nitrogen and oxygen atoms in total. The van der Waals surface area contributed by atoms with Crippen LogP contribution < -0.4 is 0 Å². The highest BCUT2D eigenvalue weighted by molar-refractivity contribution is 5.91. The molecule has 10 atom stereocenters. The first kappa shape index (κ1) is 40.7. The third-order valence-corrected chi connectivity index (χ3v) is 9.10. The minimum Gasteiger partial charge on any atom is -0.459 e. The van der Waals surface area contributed by atoms with Crippen LogP contribution in [0.15, 0.2) is 121 Å². The smallest absolute Gasteiger partial charge is 0.338 e. The molecule has 0 unspecified atom stereocenters. The van der Waals surface area contributed by atoms with Crippen LogP contribution in [0, 0.1) is 0 Å². The Labute approximate surface area is 326 Å². The Bertz CT molecular complexity index is 1980. The van der Waals surface area contributed by atoms with Gasteiger partial charge >= 0.3 is 29.8 Å². The van der Waals surface area contributed by atoms with Gasteiger partial charge in [0.1, 0.15) is 24.9 Å². The Morgan fingerprint density at radius 2 is 0.947 bits per heavy atom. The number of carbonyl (C=O) groups is 5. The predicted molar refractivity (Wildman–Crippen MR) is 195 cm³/mol. The van der Waals surface area contributed by atoms with Gasteiger partial charge in [-0.1, -0.05) is 72.8 Å². The van der Waals surface area contributed by atoms with E-state index in [2.05, 4.69) is 0 Å². The van der Waals surface area contributed by atoms with Crippen LogP contribution in [-0.2, 0) is 42.7 Å². The van der Waals surface area contributed by atoms with Gasteiger partial charge in [0.2, 0.25) is 0 Å². The van der Waals surface area contributed by atoms with Crippen molar-refractivity contribution in [2.45, 2.75) is 75.3 Å². The molecule has 0 amide bonds. The van der Waals surface area contributed by atoms with Gasteiger partial charge in [-0.3, -0.25) is 4.79 Å². The summed E-state index contributed by atoms with van der Waals surface area (Å²) in [6.07, 6.45) is -16.2. The quantitative estimate of drug-likeness (QED) is 0.156. The maximum atomic E-state index is 13.7. The van der Waals surface area contributed by atoms with Crippen LogP contribution in [0.3, 0.4) is 0 Å². The SMILES string of the molecule is CC(=O)O[C@H]1[C@H](O[C@H]2[C@H](OC(=O)c3ccccc3)[C@H](OC(=O)c3ccccc3)[C@@H](O)O[C@@H]2COC(=O)c2ccccc2)O[C@@H](C)[C@H](OC(=O)c2ccccc2)[C@H]1O. The molecule has 0 bridgehead atoms. The van der Waals surface area contributed by atoms with Gasteiger partial charge in [0.25, 0.3) is 0 Å². The summed E-state index contributed by atoms with van der Waals surface area (Å²) < 4.78 is 46.7. The van der Waals surface area contributed by atoms with E-state index in [0.717, 1.165) is 6.92 Å². The van der Waals surface area contributed by atoms with Crippen molar-refractivity contribution >= 4 is 29.8 Å². The molecule has 2 fully saturated rings. The molecule has 0 aromatic heterocycles. The Balaban J connectivity index is 1.35. The van der Waals surface area contributed by atoms with E-state index in [0.29, 0.717) is 0 Å². The van der Waals surface area contributed by atoms with Gasteiger partial charge in [-0.25, -0.2) is 19.2 Å². The van der Waals surface area contributed by atoms with Gasteiger partial charge < -0.3 is 48.1 Å². The highest BCUT2D eigenvalue weighted by Gasteiger charge is 2.55. The van der Waals surface area contributed by atoms with Crippen molar-refractivity contribution in [3.8, 4) is 0 Å². The van der Waals surface area contributed by atoms with Crippen molar-refractivity contribution in [3.63, 3.8) is 0 Å². The molecule has 298 valence electrons. The lowest BCUT2D eigenvalue weighted by Crippen LogP contribution is -2.66. The standard InChI is InChI=1S/C42H40O15/c1-24-32(54-38(46)27-17-9-4-10-18-27)31(44)34(52-25(2)43)42(51-24)57-33-30(23-50-37(45)26-15-7-3-8-16-26)53-41(49)36(56-40(48)29-21-13-6-14-22-29)35(33)55-39(47)28-19-11-5-12-20-28/h3-22,24,30-36,41-42,44,49H,23H2,1-2H3/t24-,30+,31+,32-,33+,34+,35-,36-,41-,42-/m0/s1. The Morgan fingerprint density at radius 1 is 0.526 bits per heavy atom. The topological polar surface area (TPSA) is 200 Å². The lowest BCUT2D eigenvalue weighted by atomic mass is 9.96. The van der Waals surface area contributed by atoms with E-state index in [4.69, 9.17) is 37.9 Å². The highest BCUT2D eigenvalue weighted by atomic mass is 16.8. The van der Waals surface area contributed by atoms with Crippen molar-refractivity contribution in [2.75, 3.05) is 6.61 Å². The van der Waals surface area contributed by atoms with Crippen LogP contribution in [0.1, 0.15) is 55.3 Å². The van der Waals surface area contributed by atoms with E-state index in [1.807, 2.05) is 0 Å². The minimum absolute atomic E-state index is 0.0799. The minimum atomic E-state index is -1.98. The predicted octanol–water partition coefficient (Wildman–Crippen LogP) is 3.66. The number of esters is 5. The zero-order chi connectivity index (χ0) is 40.5. The number of hydrogen-bond acceptors (Lipinski definition) is 15. The molecule has 0 spiro atoms. The Morgan fingerprint density at radius 3 is 1.40 bits per heavy atom. The molecular weight excluding hydrogens is 744 g/mol. The summed E-state index contributed by atoms with van der Waals surface area (Å²) in [7, 11) is 0. The van der Waals surface area contributed by atoms with Crippen LogP contribution in [0.2, 0.25) is 0 Å². The largest absolute Gasteiger partial charge is 0.459 e. The number of aliphatic hydroxyl groups is 2. The molecule has 0 radical (unpaired) electrons. The molecule has 4 aromatic rings. The van der Waals surface area contributed by atoms with E-state index >= 15 is 0 Å². The van der Waals surface area contributed by atoms with Gasteiger partial charge in [0, 0.05) is 6.92 Å². The number of aliphatic hydroxyl groups excluding tert-OH is 2. The fourth-order valence-electron chi connectivity index (χ4n) is 6.31. The number of ether oxygens (including phenoxy) is 8. The zero-order valence-corrected chi connectivity index (χ0v) is 30.7. The molecule has 2 N–H and O–H groups in total. The van der Waals surface area contributed by atoms with E-state index in [-0.39, 0.29) is 22.3 Å². The molecule has 2 aliphatic heterocycles. The third-order valence-electron chi connectivity index (χ3n) is 9.10. The maximum absolute atomic E-state index is 13.7. The van der Waals surface area contributed by atoms with Crippen LogP contribution in [0.25, 0.3) is 0 Å². The average Bonchev–Trinajstić information content (AvgIpc) is 3.23. The summed E-state index contributed by atoms with van der Waals surface area (Å²) in [6.45, 7) is 1.93. The fourth-order valence-corrected chi connectivity index (χ4v) is 6.31. The Hall–Kier alpha value is -5.97. The van der Waals surface area contributed by atoms with Gasteiger partial charge in [-0.15, -0.1) is 0 Å². The molecule has 2 heterocycles. The van der Waals surface area contributed by atoms with Gasteiger partial charge in [0.15, 0.2) is 37.0 Å². The molecule has 2 aliphatic rings. The second kappa shape index (κ2) is 18.8. The van der Waals surface area contributed by atoms with Crippen molar-refractivity contribution in [1.29, 1.82) is 0 Å². The monoisotopic (exact) mass is 784 g/mol. The van der Waals surface area contributed by atoms with Gasteiger partial charge in [-0.2, -0.15) is 0 Å². The van der Waals surface area contributed by atoms with E-state index in [1.165, 1.54) is 55.5 Å². The van der Waals surface area contributed by atoms with Crippen LogP contribution >= 0.6 is 0 Å². The molecular formula is C42H40O15. The zero-order valence-electron chi connectivity index (χ0n) is 30.7. The molecule has 0 aliphatic carbocycles. The second-order valence-corrected chi connectivity index (χ2v) is 13.1. The average molecular weight is 785 g/mol. The van der Waals surface area contributed by atoms with Crippen molar-refractivity contribution in [2.24, 2.45) is 0 Å². The first-order valence-corrected chi connectivity index (χ1v) is 18.0. The van der Waals surface area contributed by atoms with Crippen LogP contribution in [0.4, 0.5) is 0 Å². The summed E-state index contributed by atoms with van der Waals surface area (Å²) in [5.74, 6) is -4.28. The third kappa shape index (κ3) is 10.1. The molecule has 57 heavy (non-hydrogen) atoms. The first-order chi connectivity index (χ1) is 27.5. The van der Waals surface area contributed by atoms with Crippen molar-refractivity contribution in [3.05, 3.63) is 144 Å². The molecule has 15 heteroatoms. The summed E-state index contributed by atoms with van der Waals surface area (Å²) >= 11 is 0. The summed E-state index contributed by atoms with van der Waals surface area (Å²) in [5.41, 5.74) is 0.542. The second-order valence-electron chi connectivity index (χ2n) is 13.1. The highest BCUT2D eigenvalue weighted by Crippen LogP contribution is 2.34. The lowest BCUT2D eigenvalue weighted by Gasteiger charge is -2.47. The van der Waals surface area contributed by atoms with E-state index in [1.54, 1.807) is 72.8 Å². The molecule has 0 saturated carbocycles. The number of rotatable bonds is 12. The first-order valence-electron chi connectivity index (χ1n) is 18.0. The van der Waals surface area contributed by atoms with E-state index < -0.39 is 97.9 Å². The van der Waals surface area contributed by atoms with Gasteiger partial charge in [0.05, 0.1) is 28.4 Å². The Kier molecular flexibility index (Phi) is 13.4. The number of carbonyl (C=O) groups excluding carboxylic acids is 5. The summed E-state index contributed by atoms with van der Waals surface area (Å²) in [6, 6.07) is 31.5. The fraction of sp³-hybridized carbons (Fsp3) is 0.310. The normalized spacial score (nSPS) is 26.9. The van der Waals surface area contributed by atoms with Crippen molar-refractivity contribution in [1.82, 2.24) is 0 Å². The maximum Gasteiger partial charge on any atom is 0.338 e. The summed E-state index contributed by atoms with van der Waals surface area (Å²) in [4.78, 5) is 65.6. The molecule has 2 saturated heterocycles. The lowest BCUT2D eigenvalue weighted by molar-refractivity contribution is -0.350. The van der Waals surface area contributed by atoms with E-state index in [9.17, 15) is 34.2 Å². The number of benzene rings is 4. The van der Waals surface area contributed by atoms with Crippen molar-refractivity contribution < 1.29 is 72.1 Å². The van der Waals surface area contributed by atoms with Crippen LogP contribution in [-0.4, -0.2) is 108 Å². The summed E-state index contributed by atoms with van der Waals surface area (Å²) in [5, 5.41) is 23.0. The molecule has 6 rings (SSSR count).